The monoisotopic (exact) mass is 346 g/mol. The first-order chi connectivity index (χ1) is 11.8. The molecule has 1 saturated carbocycles. The molecule has 0 spiro atoms. The van der Waals surface area contributed by atoms with Crippen LogP contribution in [-0.2, 0) is 4.79 Å². The van der Waals surface area contributed by atoms with Crippen LogP contribution in [0.3, 0.4) is 0 Å². The van der Waals surface area contributed by atoms with Gasteiger partial charge >= 0.3 is 0 Å². The molecule has 4 heteroatoms. The van der Waals surface area contributed by atoms with Gasteiger partial charge in [-0.05, 0) is 74.4 Å². The van der Waals surface area contributed by atoms with Crippen LogP contribution in [0.5, 0.6) is 0 Å². The summed E-state index contributed by atoms with van der Waals surface area (Å²) in [6.45, 7) is 3.21. The van der Waals surface area contributed by atoms with Crippen molar-refractivity contribution in [2.24, 2.45) is 11.8 Å². The van der Waals surface area contributed by atoms with Gasteiger partial charge in [-0.3, -0.25) is 4.79 Å². The molecule has 24 heavy (non-hydrogen) atoms. The van der Waals surface area contributed by atoms with Gasteiger partial charge in [-0.2, -0.15) is 0 Å². The molecule has 0 aromatic rings. The van der Waals surface area contributed by atoms with E-state index in [4.69, 9.17) is 0 Å². The van der Waals surface area contributed by atoms with Gasteiger partial charge in [0.1, 0.15) is 0 Å². The molecular formula is C20H30N2OS. The minimum atomic E-state index is 0.318. The number of nitrogens with one attached hydrogen (secondary N) is 1. The van der Waals surface area contributed by atoms with Crippen LogP contribution < -0.4 is 5.32 Å². The highest BCUT2D eigenvalue weighted by molar-refractivity contribution is 8.03. The van der Waals surface area contributed by atoms with Gasteiger partial charge in [0.05, 0.1) is 0 Å². The first-order valence-electron chi connectivity index (χ1n) is 9.89. The molecule has 3 nitrogen and oxygen atoms in total. The van der Waals surface area contributed by atoms with Crippen molar-refractivity contribution < 1.29 is 4.79 Å². The van der Waals surface area contributed by atoms with E-state index in [2.05, 4.69) is 22.4 Å². The van der Waals surface area contributed by atoms with E-state index in [0.29, 0.717) is 17.9 Å². The molecule has 2 unspecified atom stereocenters. The van der Waals surface area contributed by atoms with Crippen LogP contribution in [0.25, 0.3) is 0 Å². The second-order valence-electron chi connectivity index (χ2n) is 7.79. The summed E-state index contributed by atoms with van der Waals surface area (Å²) in [5, 5.41) is 3.44. The molecule has 4 aliphatic rings. The molecule has 4 rings (SSSR count). The van der Waals surface area contributed by atoms with Gasteiger partial charge in [0.15, 0.2) is 0 Å². The van der Waals surface area contributed by atoms with E-state index in [9.17, 15) is 4.79 Å². The number of rotatable bonds is 2. The largest absolute Gasteiger partial charge is 0.335 e. The van der Waals surface area contributed by atoms with Crippen LogP contribution in [0.1, 0.15) is 51.4 Å². The number of carbonyl (C=O) groups is 1. The lowest BCUT2D eigenvalue weighted by atomic mass is 9.78. The van der Waals surface area contributed by atoms with Gasteiger partial charge < -0.3 is 10.2 Å². The van der Waals surface area contributed by atoms with E-state index in [1.54, 1.807) is 0 Å². The fraction of sp³-hybridized carbons (Fsp3) is 0.750. The summed E-state index contributed by atoms with van der Waals surface area (Å²) in [6, 6.07) is 0.520. The molecule has 0 radical (unpaired) electrons. The number of hydrogen-bond donors (Lipinski definition) is 1. The average molecular weight is 347 g/mol. The Morgan fingerprint density at radius 3 is 2.75 bits per heavy atom. The highest BCUT2D eigenvalue weighted by Gasteiger charge is 2.36. The van der Waals surface area contributed by atoms with Gasteiger partial charge in [0.2, 0.25) is 0 Å². The summed E-state index contributed by atoms with van der Waals surface area (Å²) >= 11 is 1.95. The molecule has 3 fully saturated rings. The van der Waals surface area contributed by atoms with E-state index in [-0.39, 0.29) is 0 Å². The Hall–Kier alpha value is -0.740. The molecule has 132 valence electrons. The lowest BCUT2D eigenvalue weighted by Gasteiger charge is -2.44. The fourth-order valence-corrected chi connectivity index (χ4v) is 6.15. The van der Waals surface area contributed by atoms with Crippen LogP contribution in [0.15, 0.2) is 22.6 Å². The molecule has 1 N–H and O–H groups in total. The fourth-order valence-electron chi connectivity index (χ4n) is 5.02. The van der Waals surface area contributed by atoms with Crippen molar-refractivity contribution in [2.45, 2.75) is 57.4 Å². The van der Waals surface area contributed by atoms with Gasteiger partial charge in [0, 0.05) is 23.9 Å². The molecule has 3 heterocycles. The van der Waals surface area contributed by atoms with E-state index >= 15 is 0 Å². The van der Waals surface area contributed by atoms with E-state index in [1.165, 1.54) is 56.3 Å². The number of allylic oxidation sites excluding steroid dienone is 1. The van der Waals surface area contributed by atoms with Crippen molar-refractivity contribution in [3.63, 3.8) is 0 Å². The Labute approximate surface area is 150 Å². The second kappa shape index (κ2) is 7.65. The lowest BCUT2D eigenvalue weighted by molar-refractivity contribution is -0.132. The van der Waals surface area contributed by atoms with Crippen molar-refractivity contribution in [3.8, 4) is 0 Å². The van der Waals surface area contributed by atoms with Crippen molar-refractivity contribution in [1.29, 1.82) is 0 Å². The van der Waals surface area contributed by atoms with Gasteiger partial charge in [-0.15, -0.1) is 11.8 Å². The maximum Gasteiger partial charge on any atom is 0.253 e. The Morgan fingerprint density at radius 1 is 1.08 bits per heavy atom. The van der Waals surface area contributed by atoms with Crippen molar-refractivity contribution >= 4 is 17.7 Å². The summed E-state index contributed by atoms with van der Waals surface area (Å²) < 4.78 is 0. The van der Waals surface area contributed by atoms with Gasteiger partial charge in [-0.1, -0.05) is 18.9 Å². The number of piperidine rings is 2. The van der Waals surface area contributed by atoms with Crippen LogP contribution in [0.4, 0.5) is 0 Å². The van der Waals surface area contributed by atoms with Gasteiger partial charge in [0.25, 0.3) is 5.91 Å². The molecule has 0 aromatic heterocycles. The molecule has 3 aliphatic heterocycles. The topological polar surface area (TPSA) is 32.3 Å². The molecule has 0 bridgehead atoms. The van der Waals surface area contributed by atoms with Gasteiger partial charge in [-0.25, -0.2) is 0 Å². The number of hydrogen-bond acceptors (Lipinski definition) is 3. The highest BCUT2D eigenvalue weighted by Crippen LogP contribution is 2.38. The van der Waals surface area contributed by atoms with Crippen LogP contribution in [-0.4, -0.2) is 42.2 Å². The summed E-state index contributed by atoms with van der Waals surface area (Å²) in [5.74, 6) is 2.72. The first-order valence-corrected chi connectivity index (χ1v) is 10.9. The Kier molecular flexibility index (Phi) is 5.33. The van der Waals surface area contributed by atoms with Crippen LogP contribution in [0.2, 0.25) is 0 Å². The van der Waals surface area contributed by atoms with Crippen molar-refractivity contribution in [3.05, 3.63) is 22.6 Å². The Bertz CT molecular complexity index is 534. The predicted molar refractivity (Wildman–Crippen MR) is 101 cm³/mol. The zero-order valence-corrected chi connectivity index (χ0v) is 15.5. The highest BCUT2D eigenvalue weighted by atomic mass is 32.2. The minimum Gasteiger partial charge on any atom is -0.335 e. The van der Waals surface area contributed by atoms with E-state index < -0.39 is 0 Å². The van der Waals surface area contributed by atoms with Crippen molar-refractivity contribution in [2.75, 3.05) is 25.4 Å². The predicted octanol–water partition coefficient (Wildman–Crippen LogP) is 3.72. The third-order valence-corrected chi connectivity index (χ3v) is 7.46. The Balaban J connectivity index is 1.48. The van der Waals surface area contributed by atoms with E-state index in [1.807, 2.05) is 11.8 Å². The molecule has 1 aliphatic carbocycles. The number of nitrogens with zero attached hydrogens (tertiary/aromatic N) is 1. The quantitative estimate of drug-likeness (QED) is 0.827. The molecule has 0 aromatic carbocycles. The minimum absolute atomic E-state index is 0.318. The summed E-state index contributed by atoms with van der Waals surface area (Å²) in [4.78, 5) is 16.9. The molecule has 1 amide bonds. The zero-order valence-electron chi connectivity index (χ0n) is 14.6. The molecule has 2 saturated heterocycles. The summed E-state index contributed by atoms with van der Waals surface area (Å²) in [5.41, 5.74) is 0.980. The first kappa shape index (κ1) is 16.7. The smallest absolute Gasteiger partial charge is 0.253 e. The molecular weight excluding hydrogens is 316 g/mol. The van der Waals surface area contributed by atoms with Crippen LogP contribution >= 0.6 is 11.8 Å². The zero-order chi connectivity index (χ0) is 16.4. The maximum absolute atomic E-state index is 13.2. The number of thioether (sulfide) groups is 1. The normalized spacial score (nSPS) is 31.9. The third-order valence-electron chi connectivity index (χ3n) is 6.34. The van der Waals surface area contributed by atoms with Crippen molar-refractivity contribution in [1.82, 2.24) is 10.2 Å². The maximum atomic E-state index is 13.2. The number of likely N-dealkylation sites (tertiary alicyclic amines) is 1. The Morgan fingerprint density at radius 2 is 1.88 bits per heavy atom. The number of fused-ring (bicyclic) bond motifs is 1. The third kappa shape index (κ3) is 3.45. The standard InChI is InChI=1S/C20H30N2OS/c23-20(22-12-3-5-15-4-1-2-6-18(15)22)17-9-13-24-19(14-17)16-7-10-21-11-8-16/h9,14-16,18,21H,1-8,10-13H2. The number of carbonyl (C=O) groups excluding carboxylic acids is 1. The lowest BCUT2D eigenvalue weighted by Crippen LogP contribution is -2.50. The van der Waals surface area contributed by atoms with Crippen LogP contribution in [0, 0.1) is 11.8 Å². The SMILES string of the molecule is O=C(C1=CCSC(C2CCNCC2)=C1)N1CCCC2CCCCC21. The second-order valence-corrected chi connectivity index (χ2v) is 8.89. The summed E-state index contributed by atoms with van der Waals surface area (Å²) in [7, 11) is 0. The number of amides is 1. The van der Waals surface area contributed by atoms with E-state index in [0.717, 1.165) is 36.9 Å². The molecule has 2 atom stereocenters. The summed E-state index contributed by atoms with van der Waals surface area (Å²) in [6.07, 6.45) is 14.6. The average Bonchev–Trinajstić information content (AvgIpc) is 2.68.